The summed E-state index contributed by atoms with van der Waals surface area (Å²) in [5.41, 5.74) is -0.866. The van der Waals surface area contributed by atoms with Gasteiger partial charge in [-0.3, -0.25) is 9.59 Å². The van der Waals surface area contributed by atoms with Gasteiger partial charge in [-0.1, -0.05) is 0 Å². The van der Waals surface area contributed by atoms with E-state index < -0.39 is 60.0 Å². The molecule has 2 heterocycles. The van der Waals surface area contributed by atoms with Crippen LogP contribution in [0.4, 0.5) is 0 Å². The highest BCUT2D eigenvalue weighted by molar-refractivity contribution is 5.89. The number of carbonyl (C=O) groups excluding carboxylic acids is 1. The maximum atomic E-state index is 12.9. The molecular weight excluding hydrogens is 452 g/mol. The van der Waals surface area contributed by atoms with Gasteiger partial charge in [-0.15, -0.1) is 0 Å². The Bertz CT molecular complexity index is 1280. The first-order valence-electron chi connectivity index (χ1n) is 10.2. The summed E-state index contributed by atoms with van der Waals surface area (Å²) in [6, 6.07) is 7.66. The maximum Gasteiger partial charge on any atom is 0.303 e. The predicted molar refractivity (Wildman–Crippen MR) is 115 cm³/mol. The molecule has 1 aliphatic rings. The van der Waals surface area contributed by atoms with Gasteiger partial charge in [0.2, 0.25) is 0 Å². The van der Waals surface area contributed by atoms with Crippen LogP contribution in [0.3, 0.4) is 0 Å². The molecule has 3 aromatic rings. The quantitative estimate of drug-likeness (QED) is 0.292. The number of esters is 1. The summed E-state index contributed by atoms with van der Waals surface area (Å²) >= 11 is 0. The van der Waals surface area contributed by atoms with Gasteiger partial charge in [0.25, 0.3) is 0 Å². The first-order valence-corrected chi connectivity index (χ1v) is 10.2. The number of aromatic hydroxyl groups is 3. The fourth-order valence-electron chi connectivity index (χ4n) is 4.01. The van der Waals surface area contributed by atoms with Crippen LogP contribution in [0.25, 0.3) is 22.3 Å². The van der Waals surface area contributed by atoms with Gasteiger partial charge in [0, 0.05) is 24.6 Å². The van der Waals surface area contributed by atoms with Gasteiger partial charge in [-0.2, -0.15) is 0 Å². The number of hydrogen-bond donors (Lipinski definition) is 6. The van der Waals surface area contributed by atoms with E-state index in [4.69, 9.17) is 13.9 Å². The van der Waals surface area contributed by atoms with E-state index in [2.05, 4.69) is 0 Å². The average molecular weight is 474 g/mol. The number of aliphatic hydroxyl groups excluding tert-OH is 3. The first-order chi connectivity index (χ1) is 16.1. The summed E-state index contributed by atoms with van der Waals surface area (Å²) < 4.78 is 16.7. The molecule has 6 N–H and O–H groups in total. The van der Waals surface area contributed by atoms with E-state index in [1.54, 1.807) is 0 Å². The van der Waals surface area contributed by atoms with Gasteiger partial charge in [0.15, 0.2) is 17.1 Å². The Kier molecular flexibility index (Phi) is 6.19. The Labute approximate surface area is 191 Å². The number of carbonyl (C=O) groups is 1. The Hall–Kier alpha value is -3.64. The molecule has 11 heteroatoms. The lowest BCUT2D eigenvalue weighted by Crippen LogP contribution is -2.56. The van der Waals surface area contributed by atoms with Gasteiger partial charge in [-0.05, 0) is 24.3 Å². The van der Waals surface area contributed by atoms with Gasteiger partial charge >= 0.3 is 5.97 Å². The van der Waals surface area contributed by atoms with Crippen LogP contribution >= 0.6 is 0 Å². The molecule has 1 aliphatic heterocycles. The molecule has 34 heavy (non-hydrogen) atoms. The summed E-state index contributed by atoms with van der Waals surface area (Å²) in [4.78, 5) is 24.6. The van der Waals surface area contributed by atoms with E-state index in [1.165, 1.54) is 24.3 Å². The fraction of sp³-hybridized carbons (Fsp3) is 0.304. The number of ether oxygens (including phenoxy) is 2. The third-order valence-electron chi connectivity index (χ3n) is 5.60. The summed E-state index contributed by atoms with van der Waals surface area (Å²) in [6.45, 7) is 0.340. The highest BCUT2D eigenvalue weighted by Gasteiger charge is 2.48. The molecule has 0 bridgehead atoms. The first kappa shape index (κ1) is 23.5. The van der Waals surface area contributed by atoms with Crippen LogP contribution in [0.5, 0.6) is 17.2 Å². The lowest BCUT2D eigenvalue weighted by molar-refractivity contribution is -0.240. The molecule has 4 rings (SSSR count). The van der Waals surface area contributed by atoms with Gasteiger partial charge in [-0.25, -0.2) is 0 Å². The van der Waals surface area contributed by atoms with Crippen LogP contribution in [-0.2, 0) is 14.3 Å². The lowest BCUT2D eigenvalue weighted by atomic mass is 9.89. The number of fused-ring (bicyclic) bond motifs is 1. The zero-order valence-corrected chi connectivity index (χ0v) is 17.8. The van der Waals surface area contributed by atoms with Crippen LogP contribution < -0.4 is 5.43 Å². The van der Waals surface area contributed by atoms with Crippen molar-refractivity contribution < 1.29 is 49.3 Å². The predicted octanol–water partition coefficient (Wildman–Crippen LogP) is 0.662. The van der Waals surface area contributed by atoms with Crippen molar-refractivity contribution in [3.8, 4) is 28.6 Å². The molecule has 0 spiro atoms. The van der Waals surface area contributed by atoms with Crippen molar-refractivity contribution in [2.24, 2.45) is 0 Å². The van der Waals surface area contributed by atoms with E-state index in [9.17, 15) is 40.2 Å². The number of phenols is 3. The van der Waals surface area contributed by atoms with Crippen molar-refractivity contribution in [3.63, 3.8) is 0 Å². The molecule has 5 atom stereocenters. The Balaban J connectivity index is 1.98. The third-order valence-corrected chi connectivity index (χ3v) is 5.60. The van der Waals surface area contributed by atoms with Crippen molar-refractivity contribution in [1.82, 2.24) is 0 Å². The molecule has 1 saturated heterocycles. The highest BCUT2D eigenvalue weighted by Crippen LogP contribution is 2.44. The molecule has 1 fully saturated rings. The van der Waals surface area contributed by atoms with E-state index in [1.807, 2.05) is 0 Å². The van der Waals surface area contributed by atoms with Crippen LogP contribution in [-0.4, -0.2) is 67.6 Å². The minimum absolute atomic E-state index is 0.0166. The number of rotatable bonds is 4. The number of phenolic OH excluding ortho intramolecular Hbond substituents is 3. The zero-order valence-electron chi connectivity index (χ0n) is 17.8. The number of benzene rings is 2. The molecule has 1 aromatic heterocycles. The maximum absolute atomic E-state index is 12.9. The van der Waals surface area contributed by atoms with Gasteiger partial charge in [0.1, 0.15) is 52.8 Å². The Morgan fingerprint density at radius 3 is 2.32 bits per heavy atom. The van der Waals surface area contributed by atoms with Crippen molar-refractivity contribution in [1.29, 1.82) is 0 Å². The topological polar surface area (TPSA) is 187 Å². The molecule has 180 valence electrons. The molecule has 0 radical (unpaired) electrons. The standard InChI is InChI=1S/C23H22O11/c1-9(25)32-23-20(31)19(30)16(8-24)34-22(23)18-13(28)6-12(27)17-14(29)7-15(33-21(17)18)10-2-4-11(26)5-3-10/h2-7,16,19-20,22-24,26-28,30-31H,8H2,1H3/t16-,19-,20+,22-,23-/m1/s1. The minimum Gasteiger partial charge on any atom is -0.508 e. The molecular formula is C23H22O11. The summed E-state index contributed by atoms with van der Waals surface area (Å²) in [7, 11) is 0. The Morgan fingerprint density at radius 1 is 1.03 bits per heavy atom. The minimum atomic E-state index is -1.73. The van der Waals surface area contributed by atoms with Crippen molar-refractivity contribution in [2.75, 3.05) is 6.61 Å². The SMILES string of the molecule is CC(=O)O[C@@H]1[C@@H](O)[C@H](O)[C@@H](CO)O[C@@H]1c1c(O)cc(O)c2c(=O)cc(-c3ccc(O)cc3)oc12. The van der Waals surface area contributed by atoms with Crippen molar-refractivity contribution >= 4 is 16.9 Å². The second-order valence-corrected chi connectivity index (χ2v) is 7.89. The highest BCUT2D eigenvalue weighted by atomic mass is 16.6. The van der Waals surface area contributed by atoms with Crippen molar-refractivity contribution in [2.45, 2.75) is 37.4 Å². The Morgan fingerprint density at radius 2 is 1.71 bits per heavy atom. The lowest BCUT2D eigenvalue weighted by Gasteiger charge is -2.41. The van der Waals surface area contributed by atoms with E-state index >= 15 is 0 Å². The van der Waals surface area contributed by atoms with Crippen LogP contribution in [0, 0.1) is 0 Å². The van der Waals surface area contributed by atoms with E-state index in [-0.39, 0.29) is 28.0 Å². The second kappa shape index (κ2) is 8.95. The van der Waals surface area contributed by atoms with Crippen molar-refractivity contribution in [3.05, 3.63) is 52.2 Å². The fourth-order valence-corrected chi connectivity index (χ4v) is 4.01. The van der Waals surface area contributed by atoms with Crippen LogP contribution in [0.2, 0.25) is 0 Å². The largest absolute Gasteiger partial charge is 0.508 e. The summed E-state index contributed by atoms with van der Waals surface area (Å²) in [6.07, 6.45) is -7.75. The number of aliphatic hydroxyl groups is 3. The second-order valence-electron chi connectivity index (χ2n) is 7.89. The monoisotopic (exact) mass is 474 g/mol. The summed E-state index contributed by atoms with van der Waals surface area (Å²) in [5, 5.41) is 60.7. The smallest absolute Gasteiger partial charge is 0.303 e. The van der Waals surface area contributed by atoms with Gasteiger partial charge in [0.05, 0.1) is 12.2 Å². The number of hydrogen-bond acceptors (Lipinski definition) is 11. The molecule has 0 saturated carbocycles. The third kappa shape index (κ3) is 4.05. The zero-order chi connectivity index (χ0) is 24.7. The molecule has 0 aliphatic carbocycles. The van der Waals surface area contributed by atoms with Gasteiger partial charge < -0.3 is 44.5 Å². The molecule has 2 aromatic carbocycles. The average Bonchev–Trinajstić information content (AvgIpc) is 2.77. The molecule has 11 nitrogen and oxygen atoms in total. The van der Waals surface area contributed by atoms with Crippen LogP contribution in [0.15, 0.2) is 45.6 Å². The van der Waals surface area contributed by atoms with E-state index in [0.717, 1.165) is 19.1 Å². The van der Waals surface area contributed by atoms with Crippen LogP contribution in [0.1, 0.15) is 18.6 Å². The normalized spacial score (nSPS) is 24.8. The summed E-state index contributed by atoms with van der Waals surface area (Å²) in [5.74, 6) is -2.05. The molecule has 0 amide bonds. The molecule has 0 unspecified atom stereocenters. The van der Waals surface area contributed by atoms with E-state index in [0.29, 0.717) is 5.56 Å².